The Morgan fingerprint density at radius 2 is 1.56 bits per heavy atom. The second kappa shape index (κ2) is 8.53. The SMILES string of the molecule is C=C(CCC(=O)N(C)OC(=O)c1ccc(C(F)(F)F)cc1)c1ccccc1. The molecule has 0 atom stereocenters. The minimum atomic E-state index is -4.49. The van der Waals surface area contributed by atoms with E-state index in [-0.39, 0.29) is 12.0 Å². The van der Waals surface area contributed by atoms with Gasteiger partial charge in [-0.05, 0) is 41.8 Å². The molecule has 4 nitrogen and oxygen atoms in total. The Bertz CT molecular complexity index is 815. The highest BCUT2D eigenvalue weighted by molar-refractivity contribution is 5.90. The van der Waals surface area contributed by atoms with Gasteiger partial charge in [0, 0.05) is 13.5 Å². The number of carbonyl (C=O) groups excluding carboxylic acids is 2. The van der Waals surface area contributed by atoms with E-state index in [1.807, 2.05) is 30.3 Å². The van der Waals surface area contributed by atoms with Crippen LogP contribution in [0.1, 0.15) is 34.3 Å². The molecule has 142 valence electrons. The molecule has 0 aromatic heterocycles. The molecular weight excluding hydrogens is 359 g/mol. The third kappa shape index (κ3) is 5.70. The molecule has 0 aliphatic carbocycles. The highest BCUT2D eigenvalue weighted by atomic mass is 19.4. The van der Waals surface area contributed by atoms with Crippen LogP contribution in [0.25, 0.3) is 5.57 Å². The van der Waals surface area contributed by atoms with E-state index in [0.29, 0.717) is 6.42 Å². The van der Waals surface area contributed by atoms with Gasteiger partial charge in [-0.25, -0.2) is 4.79 Å². The number of alkyl halides is 3. The molecule has 1 amide bonds. The van der Waals surface area contributed by atoms with Gasteiger partial charge in [0.25, 0.3) is 5.91 Å². The van der Waals surface area contributed by atoms with Crippen LogP contribution in [-0.4, -0.2) is 24.0 Å². The lowest BCUT2D eigenvalue weighted by Crippen LogP contribution is -2.29. The molecule has 7 heteroatoms. The van der Waals surface area contributed by atoms with Crippen molar-refractivity contribution in [2.24, 2.45) is 0 Å². The molecule has 2 aromatic rings. The fourth-order valence-electron chi connectivity index (χ4n) is 2.26. The molecule has 0 saturated carbocycles. The number of carbonyl (C=O) groups is 2. The predicted octanol–water partition coefficient (Wildman–Crippen LogP) is 4.73. The third-order valence-electron chi connectivity index (χ3n) is 3.84. The monoisotopic (exact) mass is 377 g/mol. The topological polar surface area (TPSA) is 46.6 Å². The summed E-state index contributed by atoms with van der Waals surface area (Å²) in [5.74, 6) is -1.37. The van der Waals surface area contributed by atoms with Crippen LogP contribution in [0.4, 0.5) is 13.2 Å². The zero-order valence-electron chi connectivity index (χ0n) is 14.6. The first-order chi connectivity index (χ1) is 12.7. The lowest BCUT2D eigenvalue weighted by Gasteiger charge is -2.17. The van der Waals surface area contributed by atoms with Gasteiger partial charge in [-0.2, -0.15) is 18.2 Å². The van der Waals surface area contributed by atoms with Crippen molar-refractivity contribution in [3.63, 3.8) is 0 Å². The van der Waals surface area contributed by atoms with Crippen molar-refractivity contribution >= 4 is 17.4 Å². The summed E-state index contributed by atoms with van der Waals surface area (Å²) in [6.07, 6.45) is -4.04. The minimum Gasteiger partial charge on any atom is -0.333 e. The van der Waals surface area contributed by atoms with Gasteiger partial charge in [-0.1, -0.05) is 36.9 Å². The normalized spacial score (nSPS) is 11.0. The molecule has 0 N–H and O–H groups in total. The van der Waals surface area contributed by atoms with Gasteiger partial charge in [-0.3, -0.25) is 4.79 Å². The molecule has 0 fully saturated rings. The van der Waals surface area contributed by atoms with Crippen molar-refractivity contribution in [3.8, 4) is 0 Å². The minimum absolute atomic E-state index is 0.0739. The van der Waals surface area contributed by atoms with E-state index in [4.69, 9.17) is 4.84 Å². The van der Waals surface area contributed by atoms with Gasteiger partial charge in [0.05, 0.1) is 11.1 Å². The Morgan fingerprint density at radius 1 is 0.963 bits per heavy atom. The van der Waals surface area contributed by atoms with Crippen LogP contribution in [0.2, 0.25) is 0 Å². The Kier molecular flexibility index (Phi) is 6.39. The molecule has 2 aromatic carbocycles. The Hall–Kier alpha value is -3.09. The van der Waals surface area contributed by atoms with E-state index in [1.165, 1.54) is 7.05 Å². The predicted molar refractivity (Wildman–Crippen MR) is 94.3 cm³/mol. The number of halogens is 3. The Balaban J connectivity index is 1.88. The van der Waals surface area contributed by atoms with Crippen molar-refractivity contribution in [1.29, 1.82) is 0 Å². The number of hydroxylamine groups is 2. The van der Waals surface area contributed by atoms with Crippen molar-refractivity contribution in [2.75, 3.05) is 7.05 Å². The summed E-state index contributed by atoms with van der Waals surface area (Å²) in [6, 6.07) is 12.9. The van der Waals surface area contributed by atoms with Crippen molar-refractivity contribution in [2.45, 2.75) is 19.0 Å². The summed E-state index contributed by atoms with van der Waals surface area (Å²) in [6.45, 7) is 3.92. The van der Waals surface area contributed by atoms with Crippen molar-refractivity contribution < 1.29 is 27.6 Å². The van der Waals surface area contributed by atoms with E-state index >= 15 is 0 Å². The zero-order chi connectivity index (χ0) is 20.0. The Labute approximate surface area is 154 Å². The van der Waals surface area contributed by atoms with E-state index in [2.05, 4.69) is 6.58 Å². The van der Waals surface area contributed by atoms with E-state index in [0.717, 1.165) is 40.5 Å². The highest BCUT2D eigenvalue weighted by Crippen LogP contribution is 2.29. The van der Waals surface area contributed by atoms with Crippen LogP contribution >= 0.6 is 0 Å². The first-order valence-corrected chi connectivity index (χ1v) is 8.08. The van der Waals surface area contributed by atoms with Crippen molar-refractivity contribution in [1.82, 2.24) is 5.06 Å². The fraction of sp³-hybridized carbons (Fsp3) is 0.200. The summed E-state index contributed by atoms with van der Waals surface area (Å²) in [5.41, 5.74) is 0.723. The third-order valence-corrected chi connectivity index (χ3v) is 3.84. The summed E-state index contributed by atoms with van der Waals surface area (Å²) < 4.78 is 37.6. The lowest BCUT2D eigenvalue weighted by atomic mass is 10.0. The highest BCUT2D eigenvalue weighted by Gasteiger charge is 2.30. The number of nitrogens with zero attached hydrogens (tertiary/aromatic N) is 1. The van der Waals surface area contributed by atoms with E-state index < -0.39 is 23.6 Å². The molecular formula is C20H18F3NO3. The van der Waals surface area contributed by atoms with E-state index in [9.17, 15) is 22.8 Å². The van der Waals surface area contributed by atoms with Crippen LogP contribution in [-0.2, 0) is 15.8 Å². The maximum atomic E-state index is 12.5. The standard InChI is InChI=1S/C20H18F3NO3/c1-14(15-6-4-3-5-7-15)8-13-18(25)24(2)27-19(26)16-9-11-17(12-10-16)20(21,22)23/h3-7,9-12H,1,8,13H2,2H3. The van der Waals surface area contributed by atoms with Gasteiger partial charge in [-0.15, -0.1) is 0 Å². The maximum absolute atomic E-state index is 12.5. The van der Waals surface area contributed by atoms with Crippen LogP contribution in [0, 0.1) is 0 Å². The molecule has 27 heavy (non-hydrogen) atoms. The van der Waals surface area contributed by atoms with Crippen molar-refractivity contribution in [3.05, 3.63) is 77.9 Å². The van der Waals surface area contributed by atoms with Crippen LogP contribution in [0.5, 0.6) is 0 Å². The number of rotatable bonds is 5. The molecule has 0 aliphatic rings. The molecule has 0 saturated heterocycles. The summed E-state index contributed by atoms with van der Waals surface area (Å²) in [5, 5.41) is 0.776. The smallest absolute Gasteiger partial charge is 0.333 e. The molecule has 0 spiro atoms. The molecule has 0 bridgehead atoms. The summed E-state index contributed by atoms with van der Waals surface area (Å²) in [7, 11) is 1.27. The van der Waals surface area contributed by atoms with Gasteiger partial charge in [0.15, 0.2) is 0 Å². The maximum Gasteiger partial charge on any atom is 0.416 e. The summed E-state index contributed by atoms with van der Waals surface area (Å²) >= 11 is 0. The summed E-state index contributed by atoms with van der Waals surface area (Å²) in [4.78, 5) is 29.0. The number of hydrogen-bond acceptors (Lipinski definition) is 3. The first-order valence-electron chi connectivity index (χ1n) is 8.08. The van der Waals surface area contributed by atoms with Gasteiger partial charge < -0.3 is 4.84 Å². The molecule has 0 radical (unpaired) electrons. The largest absolute Gasteiger partial charge is 0.416 e. The Morgan fingerprint density at radius 3 is 2.11 bits per heavy atom. The van der Waals surface area contributed by atoms with Gasteiger partial charge in [0.1, 0.15) is 0 Å². The molecule has 0 heterocycles. The number of amides is 1. The van der Waals surface area contributed by atoms with E-state index in [1.54, 1.807) is 0 Å². The average Bonchev–Trinajstić information content (AvgIpc) is 2.65. The van der Waals surface area contributed by atoms with Crippen LogP contribution in [0.15, 0.2) is 61.2 Å². The molecule has 0 aliphatic heterocycles. The second-order valence-corrected chi connectivity index (χ2v) is 5.81. The number of benzene rings is 2. The van der Waals surface area contributed by atoms with Crippen LogP contribution < -0.4 is 0 Å². The van der Waals surface area contributed by atoms with Gasteiger partial charge in [0.2, 0.25) is 0 Å². The molecule has 0 unspecified atom stereocenters. The second-order valence-electron chi connectivity index (χ2n) is 5.81. The fourth-order valence-corrected chi connectivity index (χ4v) is 2.26. The quantitative estimate of drug-likeness (QED) is 0.708. The zero-order valence-corrected chi connectivity index (χ0v) is 14.6. The molecule has 2 rings (SSSR count). The lowest BCUT2D eigenvalue weighted by molar-refractivity contribution is -0.161. The van der Waals surface area contributed by atoms with Crippen LogP contribution in [0.3, 0.4) is 0 Å². The number of allylic oxidation sites excluding steroid dienone is 1. The van der Waals surface area contributed by atoms with Gasteiger partial charge >= 0.3 is 12.1 Å². The number of hydrogen-bond donors (Lipinski definition) is 0. The average molecular weight is 377 g/mol. The first kappa shape index (κ1) is 20.2.